The molecule has 2 aromatic carbocycles. The van der Waals surface area contributed by atoms with Gasteiger partial charge in [-0.1, -0.05) is 30.3 Å². The highest BCUT2D eigenvalue weighted by Crippen LogP contribution is 2.21. The number of anilines is 1. The minimum absolute atomic E-state index is 0.0855. The van der Waals surface area contributed by atoms with Crippen LogP contribution in [0.25, 0.3) is 10.9 Å². The molecule has 2 amide bonds. The lowest BCUT2D eigenvalue weighted by Gasteiger charge is -2.16. The Kier molecular flexibility index (Phi) is 4.39. The largest absolute Gasteiger partial charge is 0.350 e. The molecule has 6 heteroatoms. The summed E-state index contributed by atoms with van der Waals surface area (Å²) in [7, 11) is 0. The second kappa shape index (κ2) is 7.00. The van der Waals surface area contributed by atoms with Gasteiger partial charge in [0, 0.05) is 30.6 Å². The molecule has 2 heterocycles. The predicted molar refractivity (Wildman–Crippen MR) is 99.6 cm³/mol. The molecular formula is C20H20N4O2. The van der Waals surface area contributed by atoms with Crippen LogP contribution in [0.2, 0.25) is 0 Å². The van der Waals surface area contributed by atoms with Crippen molar-refractivity contribution in [2.45, 2.75) is 25.9 Å². The third-order valence-electron chi connectivity index (χ3n) is 4.66. The van der Waals surface area contributed by atoms with Crippen molar-refractivity contribution in [2.24, 2.45) is 0 Å². The van der Waals surface area contributed by atoms with Crippen LogP contribution in [0.3, 0.4) is 0 Å². The molecule has 4 rings (SSSR count). The van der Waals surface area contributed by atoms with Crippen LogP contribution in [-0.4, -0.2) is 28.1 Å². The van der Waals surface area contributed by atoms with Crippen molar-refractivity contribution < 1.29 is 9.59 Å². The highest BCUT2D eigenvalue weighted by Gasteiger charge is 2.21. The maximum Gasteiger partial charge on any atom is 0.242 e. The smallest absolute Gasteiger partial charge is 0.242 e. The van der Waals surface area contributed by atoms with E-state index in [0.29, 0.717) is 13.0 Å². The third kappa shape index (κ3) is 3.31. The summed E-state index contributed by atoms with van der Waals surface area (Å²) in [6, 6.07) is 15.6. The van der Waals surface area contributed by atoms with Crippen LogP contribution in [0.4, 0.5) is 5.69 Å². The number of nitrogens with one attached hydrogen (secondary N) is 1. The van der Waals surface area contributed by atoms with E-state index in [1.54, 1.807) is 10.9 Å². The molecular weight excluding hydrogens is 328 g/mol. The van der Waals surface area contributed by atoms with Crippen molar-refractivity contribution in [1.29, 1.82) is 0 Å². The monoisotopic (exact) mass is 348 g/mol. The van der Waals surface area contributed by atoms with Gasteiger partial charge in [-0.2, -0.15) is 5.10 Å². The number of para-hydroxylation sites is 1. The maximum absolute atomic E-state index is 12.2. The number of nitrogens with zero attached hydrogens (tertiary/aromatic N) is 3. The molecule has 0 aliphatic carbocycles. The van der Waals surface area contributed by atoms with Gasteiger partial charge in [-0.25, -0.2) is 0 Å². The Balaban J connectivity index is 1.35. The second-order valence-electron chi connectivity index (χ2n) is 6.45. The zero-order valence-corrected chi connectivity index (χ0v) is 14.4. The average molecular weight is 348 g/mol. The topological polar surface area (TPSA) is 67.2 Å². The molecule has 132 valence electrons. The third-order valence-corrected chi connectivity index (χ3v) is 4.66. The van der Waals surface area contributed by atoms with Gasteiger partial charge in [-0.15, -0.1) is 0 Å². The van der Waals surface area contributed by atoms with Crippen LogP contribution < -0.4 is 10.2 Å². The summed E-state index contributed by atoms with van der Waals surface area (Å²) in [6.45, 7) is 1.42. The highest BCUT2D eigenvalue weighted by molar-refractivity contribution is 5.95. The summed E-state index contributed by atoms with van der Waals surface area (Å²) in [5, 5.41) is 8.21. The average Bonchev–Trinajstić information content (AvgIpc) is 3.27. The van der Waals surface area contributed by atoms with E-state index in [1.807, 2.05) is 53.4 Å². The highest BCUT2D eigenvalue weighted by atomic mass is 16.2. The summed E-state index contributed by atoms with van der Waals surface area (Å²) >= 11 is 0. The minimum atomic E-state index is -0.0855. The fourth-order valence-electron chi connectivity index (χ4n) is 3.26. The van der Waals surface area contributed by atoms with Crippen molar-refractivity contribution in [3.63, 3.8) is 0 Å². The van der Waals surface area contributed by atoms with Crippen LogP contribution in [0.15, 0.2) is 54.7 Å². The van der Waals surface area contributed by atoms with E-state index in [9.17, 15) is 9.59 Å². The number of fused-ring (bicyclic) bond motifs is 1. The van der Waals surface area contributed by atoms with Crippen LogP contribution in [0.1, 0.15) is 18.4 Å². The van der Waals surface area contributed by atoms with E-state index in [1.165, 1.54) is 0 Å². The van der Waals surface area contributed by atoms with E-state index >= 15 is 0 Å². The molecule has 0 saturated carbocycles. The predicted octanol–water partition coefficient (Wildman–Crippen LogP) is 2.48. The Morgan fingerprint density at radius 1 is 1.12 bits per heavy atom. The molecule has 1 fully saturated rings. The van der Waals surface area contributed by atoms with E-state index in [2.05, 4.69) is 10.4 Å². The number of carbonyl (C=O) groups excluding carboxylic acids is 2. The van der Waals surface area contributed by atoms with E-state index < -0.39 is 0 Å². The molecule has 26 heavy (non-hydrogen) atoms. The van der Waals surface area contributed by atoms with Gasteiger partial charge >= 0.3 is 0 Å². The molecule has 3 aromatic rings. The first-order valence-corrected chi connectivity index (χ1v) is 8.77. The zero-order valence-electron chi connectivity index (χ0n) is 14.4. The quantitative estimate of drug-likeness (QED) is 0.770. The summed E-state index contributed by atoms with van der Waals surface area (Å²) in [5.41, 5.74) is 2.87. The van der Waals surface area contributed by atoms with Crippen molar-refractivity contribution in [3.8, 4) is 0 Å². The zero-order chi connectivity index (χ0) is 17.9. The number of carbonyl (C=O) groups is 2. The fourth-order valence-corrected chi connectivity index (χ4v) is 3.26. The van der Waals surface area contributed by atoms with Gasteiger partial charge in [0.2, 0.25) is 11.8 Å². The van der Waals surface area contributed by atoms with Crippen molar-refractivity contribution in [3.05, 3.63) is 60.3 Å². The summed E-state index contributed by atoms with van der Waals surface area (Å²) in [4.78, 5) is 25.8. The molecule has 0 atom stereocenters. The summed E-state index contributed by atoms with van der Waals surface area (Å²) < 4.78 is 1.70. The Labute approximate surface area is 151 Å². The maximum atomic E-state index is 12.2. The first-order chi connectivity index (χ1) is 12.7. The standard InChI is InChI=1S/C20H20N4O2/c25-19(14-24-18-5-2-1-4-16(18)13-22-24)21-12-15-7-9-17(10-8-15)23-11-3-6-20(23)26/h1-2,4-5,7-10,13H,3,6,11-12,14H2,(H,21,25). The molecule has 0 bridgehead atoms. The first kappa shape index (κ1) is 16.3. The lowest BCUT2D eigenvalue weighted by Crippen LogP contribution is -2.27. The Hall–Kier alpha value is -3.15. The molecule has 1 aromatic heterocycles. The lowest BCUT2D eigenvalue weighted by atomic mass is 10.2. The van der Waals surface area contributed by atoms with Gasteiger partial charge in [0.1, 0.15) is 6.54 Å². The van der Waals surface area contributed by atoms with Crippen LogP contribution in [-0.2, 0) is 22.7 Å². The molecule has 1 aliphatic rings. The van der Waals surface area contributed by atoms with Gasteiger partial charge in [0.05, 0.1) is 11.7 Å². The number of hydrogen-bond donors (Lipinski definition) is 1. The summed E-state index contributed by atoms with van der Waals surface area (Å²) in [6.07, 6.45) is 3.31. The van der Waals surface area contributed by atoms with Gasteiger partial charge in [-0.3, -0.25) is 14.3 Å². The van der Waals surface area contributed by atoms with E-state index in [-0.39, 0.29) is 18.4 Å². The molecule has 0 spiro atoms. The lowest BCUT2D eigenvalue weighted by molar-refractivity contribution is -0.122. The summed E-state index contributed by atoms with van der Waals surface area (Å²) in [5.74, 6) is 0.0927. The van der Waals surface area contributed by atoms with Crippen molar-refractivity contribution in [2.75, 3.05) is 11.4 Å². The molecule has 1 saturated heterocycles. The Morgan fingerprint density at radius 2 is 1.92 bits per heavy atom. The number of aromatic nitrogens is 2. The molecule has 0 radical (unpaired) electrons. The second-order valence-corrected chi connectivity index (χ2v) is 6.45. The van der Waals surface area contributed by atoms with Crippen LogP contribution >= 0.6 is 0 Å². The van der Waals surface area contributed by atoms with Crippen LogP contribution in [0, 0.1) is 0 Å². The van der Waals surface area contributed by atoms with Gasteiger partial charge in [0.15, 0.2) is 0 Å². The van der Waals surface area contributed by atoms with Gasteiger partial charge < -0.3 is 10.2 Å². The van der Waals surface area contributed by atoms with Crippen molar-refractivity contribution in [1.82, 2.24) is 15.1 Å². The number of benzene rings is 2. The first-order valence-electron chi connectivity index (χ1n) is 8.77. The van der Waals surface area contributed by atoms with E-state index in [0.717, 1.165) is 35.1 Å². The number of amides is 2. The van der Waals surface area contributed by atoms with E-state index in [4.69, 9.17) is 0 Å². The van der Waals surface area contributed by atoms with Gasteiger partial charge in [-0.05, 0) is 30.2 Å². The number of hydrogen-bond acceptors (Lipinski definition) is 3. The minimum Gasteiger partial charge on any atom is -0.350 e. The molecule has 1 aliphatic heterocycles. The fraction of sp³-hybridized carbons (Fsp3) is 0.250. The molecule has 0 unspecified atom stereocenters. The van der Waals surface area contributed by atoms with Crippen molar-refractivity contribution >= 4 is 28.4 Å². The molecule has 1 N–H and O–H groups in total. The Bertz CT molecular complexity index is 946. The SMILES string of the molecule is O=C(Cn1ncc2ccccc21)NCc1ccc(N2CCCC2=O)cc1. The number of rotatable bonds is 5. The molecule has 6 nitrogen and oxygen atoms in total. The van der Waals surface area contributed by atoms with Crippen LogP contribution in [0.5, 0.6) is 0 Å². The Morgan fingerprint density at radius 3 is 2.69 bits per heavy atom. The van der Waals surface area contributed by atoms with Gasteiger partial charge in [0.25, 0.3) is 0 Å². The normalized spacial score (nSPS) is 14.2.